The highest BCUT2D eigenvalue weighted by Gasteiger charge is 2.54. The van der Waals surface area contributed by atoms with E-state index in [0.29, 0.717) is 31.4 Å². The molecule has 1 fully saturated rings. The van der Waals surface area contributed by atoms with Crippen molar-refractivity contribution in [2.24, 2.45) is 5.16 Å². The van der Waals surface area contributed by atoms with Crippen LogP contribution in [0.4, 0.5) is 17.6 Å². The Hall–Kier alpha value is -3.90. The van der Waals surface area contributed by atoms with Crippen molar-refractivity contribution in [3.63, 3.8) is 0 Å². The number of hydrogen-bond donors (Lipinski definition) is 1. The molecule has 1 saturated heterocycles. The van der Waals surface area contributed by atoms with Crippen LogP contribution in [0.25, 0.3) is 0 Å². The van der Waals surface area contributed by atoms with Gasteiger partial charge in [-0.1, -0.05) is 18.5 Å². The molecule has 13 heteroatoms. The number of aromatic nitrogens is 1. The number of fused-ring (bicyclic) bond motifs is 5. The minimum Gasteiger partial charge on any atom is -0.487 e. The number of nitrogens with one attached hydrogen (secondary N) is 1. The van der Waals surface area contributed by atoms with Gasteiger partial charge in [-0.2, -0.15) is 0 Å². The van der Waals surface area contributed by atoms with Crippen LogP contribution in [-0.2, 0) is 11.4 Å². The van der Waals surface area contributed by atoms with E-state index in [2.05, 4.69) is 10.5 Å². The lowest BCUT2D eigenvalue weighted by Gasteiger charge is -2.42. The van der Waals surface area contributed by atoms with E-state index in [1.165, 1.54) is 10.8 Å². The maximum Gasteiger partial charge on any atom is 0.274 e. The highest BCUT2D eigenvalue weighted by Crippen LogP contribution is 2.46. The Kier molecular flexibility index (Phi) is 7.80. The van der Waals surface area contributed by atoms with E-state index < -0.39 is 70.7 Å². The predicted octanol–water partition coefficient (Wildman–Crippen LogP) is 4.04. The molecular formula is C28H30F4N4O5. The standard InChI is InChI=1S/C28H30F4N4O5/c1-3-4-7-40-25-23-27(39)35-14-22(28(6-5-15(35)2)10-17(11-29)34-41-28)36(23)13-19(24(25)37)26(38)33-12-18-20(31)8-16(30)9-21(18)32/h8-9,13,15,22H,3-7,10-12,14H2,1-2H3,(H,33,38)/t15-,22+,28-/m0/s1. The van der Waals surface area contributed by atoms with Crippen molar-refractivity contribution < 1.29 is 36.7 Å². The Bertz CT molecular complexity index is 1460. The van der Waals surface area contributed by atoms with Gasteiger partial charge >= 0.3 is 0 Å². The van der Waals surface area contributed by atoms with Crippen molar-refractivity contribution in [1.82, 2.24) is 14.8 Å². The zero-order valence-electron chi connectivity index (χ0n) is 22.6. The second-order valence-corrected chi connectivity index (χ2v) is 10.7. The van der Waals surface area contributed by atoms with Crippen LogP contribution in [0.5, 0.6) is 5.75 Å². The van der Waals surface area contributed by atoms with Crippen LogP contribution >= 0.6 is 0 Å². The molecule has 3 atom stereocenters. The highest BCUT2D eigenvalue weighted by atomic mass is 19.1. The van der Waals surface area contributed by atoms with E-state index in [9.17, 15) is 31.9 Å². The van der Waals surface area contributed by atoms with Gasteiger partial charge in [-0.15, -0.1) is 0 Å². The highest BCUT2D eigenvalue weighted by molar-refractivity contribution is 5.99. The molecule has 1 aromatic carbocycles. The molecule has 0 unspecified atom stereocenters. The molecule has 2 amide bonds. The normalized spacial score (nSPS) is 23.1. The summed E-state index contributed by atoms with van der Waals surface area (Å²) in [6, 6.07) is 0.0907. The Labute approximate surface area is 233 Å². The summed E-state index contributed by atoms with van der Waals surface area (Å²) in [6.45, 7) is 2.57. The quantitative estimate of drug-likeness (QED) is 0.377. The summed E-state index contributed by atoms with van der Waals surface area (Å²) in [7, 11) is 0. The SMILES string of the molecule is CCCCOc1c2n(cc(C(=O)NCc3c(F)cc(F)cc3F)c1=O)[C@@H]1CN(C2=O)[C@@H](C)CC[C@]12CC(CF)=NO2. The van der Waals surface area contributed by atoms with Crippen molar-refractivity contribution in [3.8, 4) is 5.75 Å². The molecule has 3 aliphatic heterocycles. The number of nitrogens with zero attached hydrogens (tertiary/aromatic N) is 3. The Morgan fingerprint density at radius 2 is 1.98 bits per heavy atom. The minimum atomic E-state index is -1.20. The number of oxime groups is 1. The maximum atomic E-state index is 14.2. The van der Waals surface area contributed by atoms with E-state index in [1.807, 2.05) is 13.8 Å². The molecule has 2 aromatic rings. The lowest BCUT2D eigenvalue weighted by molar-refractivity contribution is -0.0656. The number of benzene rings is 1. The first-order valence-electron chi connectivity index (χ1n) is 13.5. The smallest absolute Gasteiger partial charge is 0.274 e. The van der Waals surface area contributed by atoms with Crippen molar-refractivity contribution in [1.29, 1.82) is 0 Å². The first-order chi connectivity index (χ1) is 19.6. The van der Waals surface area contributed by atoms with Gasteiger partial charge in [-0.25, -0.2) is 17.6 Å². The lowest BCUT2D eigenvalue weighted by Crippen LogP contribution is -2.52. The van der Waals surface area contributed by atoms with Crippen molar-refractivity contribution in [2.45, 2.75) is 70.2 Å². The number of rotatable bonds is 8. The van der Waals surface area contributed by atoms with Crippen LogP contribution in [0.15, 0.2) is 28.3 Å². The van der Waals surface area contributed by atoms with Crippen LogP contribution in [0.1, 0.15) is 78.4 Å². The maximum absolute atomic E-state index is 14.2. The van der Waals surface area contributed by atoms with Gasteiger partial charge in [0.05, 0.1) is 18.4 Å². The van der Waals surface area contributed by atoms with Crippen LogP contribution in [0.2, 0.25) is 0 Å². The monoisotopic (exact) mass is 578 g/mol. The molecule has 2 bridgehead atoms. The molecule has 220 valence electrons. The summed E-state index contributed by atoms with van der Waals surface area (Å²) in [5.41, 5.74) is -2.76. The van der Waals surface area contributed by atoms with Gasteiger partial charge in [-0.3, -0.25) is 14.4 Å². The van der Waals surface area contributed by atoms with Crippen LogP contribution < -0.4 is 15.5 Å². The van der Waals surface area contributed by atoms with Gasteiger partial charge in [0.15, 0.2) is 17.0 Å². The fourth-order valence-electron chi connectivity index (χ4n) is 5.70. The number of carbonyl (C=O) groups is 2. The average molecular weight is 579 g/mol. The Morgan fingerprint density at radius 1 is 1.24 bits per heavy atom. The van der Waals surface area contributed by atoms with Gasteiger partial charge in [0, 0.05) is 49.4 Å². The summed E-state index contributed by atoms with van der Waals surface area (Å²) in [6.07, 6.45) is 3.63. The van der Waals surface area contributed by atoms with E-state index in [0.717, 1.165) is 6.42 Å². The molecule has 41 heavy (non-hydrogen) atoms. The number of ether oxygens (including phenoxy) is 1. The number of alkyl halides is 1. The summed E-state index contributed by atoms with van der Waals surface area (Å²) in [5.74, 6) is -5.27. The van der Waals surface area contributed by atoms with E-state index in [4.69, 9.17) is 9.57 Å². The fourth-order valence-corrected chi connectivity index (χ4v) is 5.70. The van der Waals surface area contributed by atoms with Crippen LogP contribution in [0.3, 0.4) is 0 Å². The number of amides is 2. The molecule has 4 heterocycles. The first-order valence-corrected chi connectivity index (χ1v) is 13.5. The molecule has 1 spiro atoms. The van der Waals surface area contributed by atoms with Crippen molar-refractivity contribution >= 4 is 17.5 Å². The molecule has 1 N–H and O–H groups in total. The molecule has 9 nitrogen and oxygen atoms in total. The predicted molar refractivity (Wildman–Crippen MR) is 139 cm³/mol. The molecule has 1 aromatic heterocycles. The van der Waals surface area contributed by atoms with Gasteiger partial charge in [0.1, 0.15) is 29.7 Å². The largest absolute Gasteiger partial charge is 0.487 e. The summed E-state index contributed by atoms with van der Waals surface area (Å²) in [5, 5.41) is 6.25. The zero-order valence-corrected chi connectivity index (χ0v) is 22.6. The van der Waals surface area contributed by atoms with Gasteiger partial charge in [-0.05, 0) is 26.2 Å². The number of unbranched alkanes of at least 4 members (excludes halogenated alkanes) is 1. The van der Waals surface area contributed by atoms with Gasteiger partial charge in [0.25, 0.3) is 11.8 Å². The summed E-state index contributed by atoms with van der Waals surface area (Å²) >= 11 is 0. The van der Waals surface area contributed by atoms with E-state index >= 15 is 0 Å². The fraction of sp³-hybridized carbons (Fsp3) is 0.500. The molecule has 3 aliphatic rings. The second-order valence-electron chi connectivity index (χ2n) is 10.7. The zero-order chi connectivity index (χ0) is 29.5. The third-order valence-electron chi connectivity index (χ3n) is 8.02. The topological polar surface area (TPSA) is 102 Å². The second kappa shape index (κ2) is 11.2. The first kappa shape index (κ1) is 28.6. The Morgan fingerprint density at radius 3 is 2.63 bits per heavy atom. The molecule has 0 radical (unpaired) electrons. The number of hydrogen-bond acceptors (Lipinski definition) is 6. The minimum absolute atomic E-state index is 0.0556. The van der Waals surface area contributed by atoms with E-state index in [-0.39, 0.29) is 42.8 Å². The third-order valence-corrected chi connectivity index (χ3v) is 8.02. The average Bonchev–Trinajstić information content (AvgIpc) is 3.31. The van der Waals surface area contributed by atoms with Crippen LogP contribution in [-0.4, -0.2) is 58.5 Å². The third kappa shape index (κ3) is 5.06. The van der Waals surface area contributed by atoms with Gasteiger partial charge < -0.3 is 24.4 Å². The van der Waals surface area contributed by atoms with Crippen molar-refractivity contribution in [2.75, 3.05) is 19.8 Å². The molecule has 0 saturated carbocycles. The Balaban J connectivity index is 1.60. The van der Waals surface area contributed by atoms with Crippen molar-refractivity contribution in [3.05, 3.63) is 62.8 Å². The number of carbonyl (C=O) groups excluding carboxylic acids is 2. The molecule has 0 aliphatic carbocycles. The number of pyridine rings is 1. The van der Waals surface area contributed by atoms with Gasteiger partial charge in [0.2, 0.25) is 5.43 Å². The van der Waals surface area contributed by atoms with Crippen LogP contribution in [0, 0.1) is 17.5 Å². The lowest BCUT2D eigenvalue weighted by atomic mass is 9.84. The van der Waals surface area contributed by atoms with E-state index in [1.54, 1.807) is 4.90 Å². The molecular weight excluding hydrogens is 548 g/mol. The summed E-state index contributed by atoms with van der Waals surface area (Å²) in [4.78, 5) is 48.2. The number of halogens is 4. The molecule has 5 rings (SSSR count). The summed E-state index contributed by atoms with van der Waals surface area (Å²) < 4.78 is 62.6.